The molecule has 0 bridgehead atoms. The zero-order valence-corrected chi connectivity index (χ0v) is 11.7. The zero-order chi connectivity index (χ0) is 14.3. The molecule has 0 aliphatic rings. The molecule has 0 aliphatic heterocycles. The predicted octanol–water partition coefficient (Wildman–Crippen LogP) is 0.596. The molecule has 19 heavy (non-hydrogen) atoms. The van der Waals surface area contributed by atoms with Gasteiger partial charge in [0.15, 0.2) is 0 Å². The largest absolute Gasteiger partial charge is 0.491 e. The van der Waals surface area contributed by atoms with Crippen LogP contribution in [0.2, 0.25) is 0 Å². The van der Waals surface area contributed by atoms with Gasteiger partial charge in [-0.3, -0.25) is 0 Å². The van der Waals surface area contributed by atoms with Crippen LogP contribution in [0.4, 0.5) is 0 Å². The first kappa shape index (κ1) is 15.5. The fraction of sp³-hybridized carbons (Fsp3) is 0.500. The van der Waals surface area contributed by atoms with E-state index in [1.807, 2.05) is 12.1 Å². The number of oxime groups is 1. The smallest absolute Gasteiger partial charge is 0.137 e. The van der Waals surface area contributed by atoms with Gasteiger partial charge in [-0.2, -0.15) is 0 Å². The highest BCUT2D eigenvalue weighted by Gasteiger charge is 2.08. The molecule has 0 unspecified atom stereocenters. The van der Waals surface area contributed by atoms with Gasteiger partial charge >= 0.3 is 0 Å². The third kappa shape index (κ3) is 5.72. The van der Waals surface area contributed by atoms with Crippen molar-refractivity contribution in [2.75, 3.05) is 13.2 Å². The Hall–Kier alpha value is -1.59. The van der Waals surface area contributed by atoms with Crippen LogP contribution in [0.5, 0.6) is 5.75 Å². The van der Waals surface area contributed by atoms with Crippen LogP contribution in [0.15, 0.2) is 29.4 Å². The number of quaternary nitrogens is 1. The molecule has 0 amide bonds. The number of ether oxygens (including phenoxy) is 1. The topological polar surface area (TPSA) is 78.7 Å². The third-order valence-electron chi connectivity index (χ3n) is 2.74. The van der Waals surface area contributed by atoms with E-state index in [1.54, 1.807) is 19.1 Å². The van der Waals surface area contributed by atoms with E-state index in [1.165, 1.54) is 0 Å². The van der Waals surface area contributed by atoms with E-state index in [2.05, 4.69) is 24.3 Å². The van der Waals surface area contributed by atoms with Gasteiger partial charge in [0.2, 0.25) is 0 Å². The maximum absolute atomic E-state index is 9.73. The summed E-state index contributed by atoms with van der Waals surface area (Å²) in [5, 5.41) is 23.6. The first-order valence-corrected chi connectivity index (χ1v) is 6.46. The third-order valence-corrected chi connectivity index (χ3v) is 2.74. The molecule has 5 heteroatoms. The maximum Gasteiger partial charge on any atom is 0.137 e. The summed E-state index contributed by atoms with van der Waals surface area (Å²) in [5.74, 6) is 0.693. The molecule has 106 valence electrons. The quantitative estimate of drug-likeness (QED) is 0.384. The SMILES string of the molecule is C/C(=N\O)c1ccc(OC[C@H](O)C[NH2+]C(C)C)cc1. The minimum atomic E-state index is -0.484. The van der Waals surface area contributed by atoms with Crippen molar-refractivity contribution in [2.45, 2.75) is 32.9 Å². The highest BCUT2D eigenvalue weighted by Crippen LogP contribution is 2.13. The summed E-state index contributed by atoms with van der Waals surface area (Å²) in [6.07, 6.45) is -0.484. The van der Waals surface area contributed by atoms with Crippen molar-refractivity contribution in [3.63, 3.8) is 0 Å². The minimum absolute atomic E-state index is 0.273. The zero-order valence-electron chi connectivity index (χ0n) is 11.7. The lowest BCUT2D eigenvalue weighted by Gasteiger charge is -2.13. The molecular weight excluding hydrogens is 244 g/mol. The Balaban J connectivity index is 2.41. The van der Waals surface area contributed by atoms with Crippen molar-refractivity contribution < 1.29 is 20.4 Å². The maximum atomic E-state index is 9.73. The monoisotopic (exact) mass is 267 g/mol. The second-order valence-corrected chi connectivity index (χ2v) is 4.89. The van der Waals surface area contributed by atoms with E-state index in [0.717, 1.165) is 5.56 Å². The Bertz CT molecular complexity index is 402. The number of rotatable bonds is 7. The van der Waals surface area contributed by atoms with Gasteiger partial charge in [-0.1, -0.05) is 5.16 Å². The molecule has 0 spiro atoms. The van der Waals surface area contributed by atoms with Crippen molar-refractivity contribution in [1.82, 2.24) is 0 Å². The first-order chi connectivity index (χ1) is 9.02. The van der Waals surface area contributed by atoms with E-state index < -0.39 is 6.10 Å². The van der Waals surface area contributed by atoms with E-state index in [0.29, 0.717) is 24.0 Å². The van der Waals surface area contributed by atoms with Crippen molar-refractivity contribution in [1.29, 1.82) is 0 Å². The average molecular weight is 267 g/mol. The normalized spacial score (nSPS) is 13.6. The number of aliphatic hydroxyl groups excluding tert-OH is 1. The van der Waals surface area contributed by atoms with Crippen LogP contribution < -0.4 is 10.1 Å². The van der Waals surface area contributed by atoms with Crippen LogP contribution in [-0.4, -0.2) is 41.3 Å². The molecule has 1 aromatic rings. The number of benzene rings is 1. The Morgan fingerprint density at radius 3 is 2.47 bits per heavy atom. The van der Waals surface area contributed by atoms with Crippen molar-refractivity contribution in [3.05, 3.63) is 29.8 Å². The summed E-state index contributed by atoms with van der Waals surface area (Å²) in [4.78, 5) is 0. The number of hydrogen-bond donors (Lipinski definition) is 3. The van der Waals surface area contributed by atoms with Crippen molar-refractivity contribution in [3.8, 4) is 5.75 Å². The summed E-state index contributed by atoms with van der Waals surface area (Å²) in [5.41, 5.74) is 1.39. The summed E-state index contributed by atoms with van der Waals surface area (Å²) in [6, 6.07) is 7.69. The van der Waals surface area contributed by atoms with E-state index in [9.17, 15) is 5.11 Å². The van der Waals surface area contributed by atoms with Crippen LogP contribution in [0.3, 0.4) is 0 Å². The second kappa shape index (κ2) is 7.76. The lowest BCUT2D eigenvalue weighted by atomic mass is 10.1. The molecule has 0 aromatic heterocycles. The van der Waals surface area contributed by atoms with Gasteiger partial charge in [0.25, 0.3) is 0 Å². The van der Waals surface area contributed by atoms with E-state index >= 15 is 0 Å². The number of nitrogens with two attached hydrogens (primary N) is 1. The standard InChI is InChI=1S/C14H22N2O3/c1-10(2)15-8-13(17)9-19-14-6-4-12(5-7-14)11(3)16-18/h4-7,10,13,15,17-18H,8-9H2,1-3H3/p+1/b16-11+/t13-/m1/s1. The van der Waals surface area contributed by atoms with Crippen LogP contribution in [0.25, 0.3) is 0 Å². The second-order valence-electron chi connectivity index (χ2n) is 4.89. The fourth-order valence-electron chi connectivity index (χ4n) is 1.54. The van der Waals surface area contributed by atoms with E-state index in [4.69, 9.17) is 9.94 Å². The molecular formula is C14H23N2O3+. The summed E-state index contributed by atoms with van der Waals surface area (Å²) < 4.78 is 5.50. The molecule has 1 rings (SSSR count). The summed E-state index contributed by atoms with van der Waals surface area (Å²) >= 11 is 0. The summed E-state index contributed by atoms with van der Waals surface area (Å²) in [6.45, 7) is 6.79. The van der Waals surface area contributed by atoms with Crippen molar-refractivity contribution in [2.24, 2.45) is 5.16 Å². The van der Waals surface area contributed by atoms with Gasteiger partial charge in [0, 0.05) is 0 Å². The Labute approximate surface area is 113 Å². The average Bonchev–Trinajstić information content (AvgIpc) is 2.42. The highest BCUT2D eigenvalue weighted by atomic mass is 16.5. The van der Waals surface area contributed by atoms with Gasteiger partial charge in [0.1, 0.15) is 25.0 Å². The molecule has 0 radical (unpaired) electrons. The Kier molecular flexibility index (Phi) is 6.32. The molecule has 0 saturated carbocycles. The van der Waals surface area contributed by atoms with Crippen molar-refractivity contribution >= 4 is 5.71 Å². The van der Waals surface area contributed by atoms with Crippen LogP contribution in [-0.2, 0) is 0 Å². The van der Waals surface area contributed by atoms with Gasteiger partial charge in [-0.15, -0.1) is 0 Å². The van der Waals surface area contributed by atoms with Gasteiger partial charge in [-0.25, -0.2) is 0 Å². The van der Waals surface area contributed by atoms with Gasteiger partial charge in [0.05, 0.1) is 11.8 Å². The van der Waals surface area contributed by atoms with Gasteiger partial charge < -0.3 is 20.4 Å². The van der Waals surface area contributed by atoms with Crippen LogP contribution in [0, 0.1) is 0 Å². The number of aliphatic hydroxyl groups is 1. The molecule has 1 atom stereocenters. The lowest BCUT2D eigenvalue weighted by molar-refractivity contribution is -0.688. The van der Waals surface area contributed by atoms with Crippen LogP contribution >= 0.6 is 0 Å². The Morgan fingerprint density at radius 1 is 1.32 bits per heavy atom. The molecule has 5 nitrogen and oxygen atoms in total. The molecule has 0 saturated heterocycles. The Morgan fingerprint density at radius 2 is 1.95 bits per heavy atom. The van der Waals surface area contributed by atoms with Gasteiger partial charge in [-0.05, 0) is 50.6 Å². The number of hydrogen-bond acceptors (Lipinski definition) is 4. The molecule has 0 aliphatic carbocycles. The summed E-state index contributed by atoms with van der Waals surface area (Å²) in [7, 11) is 0. The lowest BCUT2D eigenvalue weighted by Crippen LogP contribution is -2.90. The minimum Gasteiger partial charge on any atom is -0.491 e. The molecule has 0 heterocycles. The van der Waals surface area contributed by atoms with E-state index in [-0.39, 0.29) is 6.61 Å². The molecule has 4 N–H and O–H groups in total. The van der Waals surface area contributed by atoms with Crippen LogP contribution in [0.1, 0.15) is 26.3 Å². The number of nitrogens with zero attached hydrogens (tertiary/aromatic N) is 1. The first-order valence-electron chi connectivity index (χ1n) is 6.46. The predicted molar refractivity (Wildman–Crippen MR) is 73.9 cm³/mol. The highest BCUT2D eigenvalue weighted by molar-refractivity contribution is 5.98. The fourth-order valence-corrected chi connectivity index (χ4v) is 1.54. The molecule has 0 fully saturated rings. The molecule has 1 aromatic carbocycles.